The van der Waals surface area contributed by atoms with E-state index in [1.54, 1.807) is 12.1 Å². The molecule has 0 aliphatic heterocycles. The highest BCUT2D eigenvalue weighted by Crippen LogP contribution is 2.23. The van der Waals surface area contributed by atoms with Gasteiger partial charge in [0.05, 0.1) is 0 Å². The van der Waals surface area contributed by atoms with Gasteiger partial charge in [-0.2, -0.15) is 0 Å². The monoisotopic (exact) mass is 366 g/mol. The van der Waals surface area contributed by atoms with Gasteiger partial charge >= 0.3 is 0 Å². The molecule has 0 radical (unpaired) electrons. The first-order valence-corrected chi connectivity index (χ1v) is 9.34. The molecule has 0 heterocycles. The number of phenols is 2. The Balaban J connectivity index is 1.98. The molecular weight excluding hydrogens is 336 g/mol. The molecule has 0 aliphatic rings. The zero-order valence-electron chi connectivity index (χ0n) is 17.2. The molecule has 0 spiro atoms. The lowest BCUT2D eigenvalue weighted by molar-refractivity contribution is 0.473. The summed E-state index contributed by atoms with van der Waals surface area (Å²) < 4.78 is 0. The molecule has 144 valence electrons. The van der Waals surface area contributed by atoms with E-state index in [2.05, 4.69) is 9.98 Å². The minimum absolute atomic E-state index is 0.276. The van der Waals surface area contributed by atoms with E-state index in [4.69, 9.17) is 0 Å². The van der Waals surface area contributed by atoms with Crippen LogP contribution in [0.25, 0.3) is 0 Å². The zero-order chi connectivity index (χ0) is 20.1. The molecule has 0 bridgehead atoms. The average molecular weight is 367 g/mol. The van der Waals surface area contributed by atoms with Crippen molar-refractivity contribution in [1.29, 1.82) is 0 Å². The summed E-state index contributed by atoms with van der Waals surface area (Å²) >= 11 is 0. The number of benzene rings is 2. The molecule has 2 aromatic rings. The van der Waals surface area contributed by atoms with Gasteiger partial charge in [-0.15, -0.1) is 0 Å². The Bertz CT molecular complexity index is 822. The number of rotatable bonds is 6. The van der Waals surface area contributed by atoms with Gasteiger partial charge in [0.1, 0.15) is 11.5 Å². The summed E-state index contributed by atoms with van der Waals surface area (Å²) in [6.07, 6.45) is 0.811. The van der Waals surface area contributed by atoms with Crippen LogP contribution in [0.5, 0.6) is 11.5 Å². The first-order chi connectivity index (χ1) is 12.7. The maximum Gasteiger partial charge on any atom is 0.124 e. The minimum Gasteiger partial charge on any atom is -0.507 e. The zero-order valence-corrected chi connectivity index (χ0v) is 17.2. The fourth-order valence-electron chi connectivity index (χ4n) is 2.92. The van der Waals surface area contributed by atoms with Crippen LogP contribution in [0.3, 0.4) is 0 Å². The number of aliphatic imine (C=N–C) groups is 2. The third-order valence-corrected chi connectivity index (χ3v) is 5.02. The van der Waals surface area contributed by atoms with Crippen molar-refractivity contribution >= 4 is 11.4 Å². The number of phenolic OH excluding ortho intramolecular Hbond substituents is 2. The minimum atomic E-state index is 0.276. The van der Waals surface area contributed by atoms with Crippen molar-refractivity contribution in [3.63, 3.8) is 0 Å². The Hall–Kier alpha value is -2.62. The van der Waals surface area contributed by atoms with Gasteiger partial charge in [0.25, 0.3) is 0 Å². The van der Waals surface area contributed by atoms with Crippen LogP contribution in [0.2, 0.25) is 0 Å². The first-order valence-electron chi connectivity index (χ1n) is 9.34. The van der Waals surface area contributed by atoms with Gasteiger partial charge < -0.3 is 10.2 Å². The van der Waals surface area contributed by atoms with Gasteiger partial charge in [-0.3, -0.25) is 9.98 Å². The lowest BCUT2D eigenvalue weighted by Gasteiger charge is -2.09. The number of aromatic hydroxyl groups is 2. The van der Waals surface area contributed by atoms with Crippen LogP contribution in [-0.4, -0.2) is 34.7 Å². The molecular formula is C23H30N2O2. The maximum absolute atomic E-state index is 10.1. The van der Waals surface area contributed by atoms with Crippen LogP contribution in [0, 0.1) is 27.7 Å². The molecule has 4 heteroatoms. The fraction of sp³-hybridized carbons (Fsp3) is 0.391. The van der Waals surface area contributed by atoms with E-state index in [1.807, 2.05) is 53.7 Å². The van der Waals surface area contributed by atoms with Crippen LogP contribution < -0.4 is 0 Å². The van der Waals surface area contributed by atoms with E-state index < -0.39 is 0 Å². The first kappa shape index (κ1) is 20.7. The summed E-state index contributed by atoms with van der Waals surface area (Å²) in [4.78, 5) is 9.15. The van der Waals surface area contributed by atoms with Crippen molar-refractivity contribution in [3.8, 4) is 11.5 Å². The third-order valence-electron chi connectivity index (χ3n) is 5.02. The van der Waals surface area contributed by atoms with Gasteiger partial charge in [-0.05, 0) is 94.5 Å². The summed E-state index contributed by atoms with van der Waals surface area (Å²) in [5.41, 5.74) is 7.69. The lowest BCUT2D eigenvalue weighted by atomic mass is 10.0. The predicted molar refractivity (Wildman–Crippen MR) is 114 cm³/mol. The average Bonchev–Trinajstić information content (AvgIpc) is 2.60. The van der Waals surface area contributed by atoms with E-state index in [0.29, 0.717) is 13.1 Å². The van der Waals surface area contributed by atoms with Crippen molar-refractivity contribution in [2.45, 2.75) is 48.0 Å². The second-order valence-electron chi connectivity index (χ2n) is 7.20. The fourth-order valence-corrected chi connectivity index (χ4v) is 2.92. The van der Waals surface area contributed by atoms with E-state index in [9.17, 15) is 10.2 Å². The topological polar surface area (TPSA) is 65.2 Å². The molecule has 0 amide bonds. The van der Waals surface area contributed by atoms with Crippen molar-refractivity contribution < 1.29 is 10.2 Å². The molecule has 2 N–H and O–H groups in total. The Kier molecular flexibility index (Phi) is 6.78. The summed E-state index contributed by atoms with van der Waals surface area (Å²) in [5, 5.41) is 20.3. The van der Waals surface area contributed by atoms with Gasteiger partial charge in [0.2, 0.25) is 0 Å². The molecule has 4 nitrogen and oxygen atoms in total. The number of hydrogen-bond donors (Lipinski definition) is 2. The van der Waals surface area contributed by atoms with Crippen LogP contribution in [-0.2, 0) is 0 Å². The number of nitrogens with zero attached hydrogens (tertiary/aromatic N) is 2. The molecule has 0 aromatic heterocycles. The van der Waals surface area contributed by atoms with Crippen molar-refractivity contribution in [2.75, 3.05) is 13.1 Å². The molecule has 0 saturated heterocycles. The molecule has 0 fully saturated rings. The van der Waals surface area contributed by atoms with E-state index in [-0.39, 0.29) is 11.5 Å². The van der Waals surface area contributed by atoms with E-state index >= 15 is 0 Å². The largest absolute Gasteiger partial charge is 0.507 e. The Labute approximate surface area is 162 Å². The highest BCUT2D eigenvalue weighted by atomic mass is 16.3. The van der Waals surface area contributed by atoms with Crippen LogP contribution >= 0.6 is 0 Å². The maximum atomic E-state index is 10.1. The summed E-state index contributed by atoms with van der Waals surface area (Å²) in [5.74, 6) is 0.553. The molecule has 27 heavy (non-hydrogen) atoms. The number of hydrogen-bond acceptors (Lipinski definition) is 4. The van der Waals surface area contributed by atoms with E-state index in [1.165, 1.54) is 0 Å². The normalized spacial score (nSPS) is 12.5. The van der Waals surface area contributed by atoms with Crippen molar-refractivity contribution in [2.24, 2.45) is 9.98 Å². The summed E-state index contributed by atoms with van der Waals surface area (Å²) in [6.45, 7) is 13.2. The Morgan fingerprint density at radius 1 is 0.667 bits per heavy atom. The molecule has 0 saturated carbocycles. The van der Waals surface area contributed by atoms with Crippen molar-refractivity contribution in [3.05, 3.63) is 57.6 Å². The standard InChI is InChI=1S/C23H30N2O2/c1-14-10-20(22(26)12-16(14)3)18(5)24-8-7-9-25-19(6)21-11-15(2)17(4)13-23(21)27/h10-13,26-27H,7-9H2,1-6H3. The highest BCUT2D eigenvalue weighted by Gasteiger charge is 2.08. The Morgan fingerprint density at radius 2 is 1.00 bits per heavy atom. The van der Waals surface area contributed by atoms with Gasteiger partial charge in [-0.25, -0.2) is 0 Å². The van der Waals surface area contributed by atoms with Gasteiger partial charge in [0.15, 0.2) is 0 Å². The number of aryl methyl sites for hydroxylation is 4. The lowest BCUT2D eigenvalue weighted by Crippen LogP contribution is -2.01. The van der Waals surface area contributed by atoms with Gasteiger partial charge in [-0.1, -0.05) is 0 Å². The second-order valence-corrected chi connectivity index (χ2v) is 7.20. The smallest absolute Gasteiger partial charge is 0.124 e. The van der Waals surface area contributed by atoms with Gasteiger partial charge in [0, 0.05) is 35.6 Å². The molecule has 2 aromatic carbocycles. The third kappa shape index (κ3) is 5.19. The SMILES string of the molecule is CC(=NCCCN=C(C)c1cc(C)c(C)cc1O)c1cc(C)c(C)cc1O. The quantitative estimate of drug-likeness (QED) is 0.555. The van der Waals surface area contributed by atoms with Crippen LogP contribution in [0.4, 0.5) is 0 Å². The summed E-state index contributed by atoms with van der Waals surface area (Å²) in [6, 6.07) is 7.53. The van der Waals surface area contributed by atoms with Crippen LogP contribution in [0.1, 0.15) is 53.6 Å². The molecule has 2 rings (SSSR count). The highest BCUT2D eigenvalue weighted by molar-refractivity contribution is 6.02. The molecule has 0 aliphatic carbocycles. The molecule has 0 unspecified atom stereocenters. The second kappa shape index (κ2) is 8.85. The predicted octanol–water partition coefficient (Wildman–Crippen LogP) is 5.04. The van der Waals surface area contributed by atoms with Crippen LogP contribution in [0.15, 0.2) is 34.3 Å². The van der Waals surface area contributed by atoms with Crippen molar-refractivity contribution in [1.82, 2.24) is 0 Å². The Morgan fingerprint density at radius 3 is 1.37 bits per heavy atom. The summed E-state index contributed by atoms with van der Waals surface area (Å²) in [7, 11) is 0. The van der Waals surface area contributed by atoms with E-state index in [0.717, 1.165) is 51.2 Å². The molecule has 0 atom stereocenters.